The van der Waals surface area contributed by atoms with Gasteiger partial charge in [0.2, 0.25) is 0 Å². The van der Waals surface area contributed by atoms with Crippen molar-refractivity contribution in [2.75, 3.05) is 14.2 Å². The fourth-order valence-electron chi connectivity index (χ4n) is 1.96. The Labute approximate surface area is 122 Å². The number of rotatable bonds is 5. The number of methoxy groups -OCH3 is 2. The molecule has 5 nitrogen and oxygen atoms in total. The van der Waals surface area contributed by atoms with E-state index in [0.29, 0.717) is 28.6 Å². The molecule has 0 amide bonds. The molecule has 0 fully saturated rings. The average Bonchev–Trinajstić information content (AvgIpc) is 2.78. The summed E-state index contributed by atoms with van der Waals surface area (Å²) in [6, 6.07) is 5.30. The van der Waals surface area contributed by atoms with Crippen LogP contribution in [0.5, 0.6) is 11.5 Å². The highest BCUT2D eigenvalue weighted by Crippen LogP contribution is 2.30. The molecule has 2 aromatic rings. The SMILES string of the molecule is COc1ccc(C(O)Cn2ncc(Cl)c2C)c(OC)c1. The van der Waals surface area contributed by atoms with E-state index in [1.165, 1.54) is 0 Å². The average molecular weight is 297 g/mol. The van der Waals surface area contributed by atoms with E-state index in [2.05, 4.69) is 5.10 Å². The summed E-state index contributed by atoms with van der Waals surface area (Å²) in [4.78, 5) is 0. The zero-order valence-corrected chi connectivity index (χ0v) is 12.4. The minimum atomic E-state index is -0.745. The number of hydrogen-bond donors (Lipinski definition) is 1. The minimum Gasteiger partial charge on any atom is -0.497 e. The quantitative estimate of drug-likeness (QED) is 0.921. The number of hydrogen-bond acceptors (Lipinski definition) is 4. The van der Waals surface area contributed by atoms with Gasteiger partial charge < -0.3 is 14.6 Å². The second-order valence-corrected chi connectivity index (χ2v) is 4.79. The van der Waals surface area contributed by atoms with Crippen LogP contribution in [-0.2, 0) is 6.54 Å². The standard InChI is InChI=1S/C14H17ClN2O3/c1-9-12(15)7-16-17(9)8-13(18)11-5-4-10(19-2)6-14(11)20-3/h4-7,13,18H,8H2,1-3H3. The Morgan fingerprint density at radius 2 is 2.10 bits per heavy atom. The molecule has 108 valence electrons. The van der Waals surface area contributed by atoms with Gasteiger partial charge in [-0.2, -0.15) is 5.10 Å². The first-order valence-corrected chi connectivity index (χ1v) is 6.52. The predicted molar refractivity (Wildman–Crippen MR) is 76.5 cm³/mol. The van der Waals surface area contributed by atoms with Crippen LogP contribution in [-0.4, -0.2) is 29.1 Å². The van der Waals surface area contributed by atoms with Gasteiger partial charge in [-0.25, -0.2) is 0 Å². The lowest BCUT2D eigenvalue weighted by atomic mass is 10.1. The van der Waals surface area contributed by atoms with Crippen LogP contribution in [0.1, 0.15) is 17.4 Å². The van der Waals surface area contributed by atoms with Crippen LogP contribution in [0, 0.1) is 6.92 Å². The van der Waals surface area contributed by atoms with Crippen LogP contribution in [0.2, 0.25) is 5.02 Å². The predicted octanol–water partition coefficient (Wildman–Crippen LogP) is 2.60. The van der Waals surface area contributed by atoms with Gasteiger partial charge in [0.05, 0.1) is 37.7 Å². The number of halogens is 1. The van der Waals surface area contributed by atoms with Crippen molar-refractivity contribution in [2.45, 2.75) is 19.6 Å². The van der Waals surface area contributed by atoms with Crippen molar-refractivity contribution in [2.24, 2.45) is 0 Å². The van der Waals surface area contributed by atoms with Crippen LogP contribution in [0.4, 0.5) is 0 Å². The normalized spacial score (nSPS) is 12.2. The van der Waals surface area contributed by atoms with Gasteiger partial charge in [0.25, 0.3) is 0 Å². The summed E-state index contributed by atoms with van der Waals surface area (Å²) >= 11 is 5.95. The van der Waals surface area contributed by atoms with E-state index in [0.717, 1.165) is 5.69 Å². The Balaban J connectivity index is 2.24. The maximum absolute atomic E-state index is 10.4. The maximum atomic E-state index is 10.4. The van der Waals surface area contributed by atoms with E-state index in [4.69, 9.17) is 21.1 Å². The highest BCUT2D eigenvalue weighted by atomic mass is 35.5. The van der Waals surface area contributed by atoms with Crippen molar-refractivity contribution >= 4 is 11.6 Å². The summed E-state index contributed by atoms with van der Waals surface area (Å²) < 4.78 is 12.1. The molecule has 2 rings (SSSR count). The second kappa shape index (κ2) is 6.15. The van der Waals surface area contributed by atoms with Gasteiger partial charge in [0.15, 0.2) is 0 Å². The fraction of sp³-hybridized carbons (Fsp3) is 0.357. The van der Waals surface area contributed by atoms with Crippen molar-refractivity contribution in [3.8, 4) is 11.5 Å². The third kappa shape index (κ3) is 2.89. The minimum absolute atomic E-state index is 0.307. The summed E-state index contributed by atoms with van der Waals surface area (Å²) in [6.45, 7) is 2.16. The number of benzene rings is 1. The van der Waals surface area contributed by atoms with Gasteiger partial charge in [-0.1, -0.05) is 11.6 Å². The van der Waals surface area contributed by atoms with E-state index >= 15 is 0 Å². The molecule has 0 saturated carbocycles. The molecule has 1 heterocycles. The number of ether oxygens (including phenoxy) is 2. The molecule has 1 aromatic carbocycles. The second-order valence-electron chi connectivity index (χ2n) is 4.38. The lowest BCUT2D eigenvalue weighted by Crippen LogP contribution is -2.12. The van der Waals surface area contributed by atoms with Crippen LogP contribution in [0.15, 0.2) is 24.4 Å². The summed E-state index contributed by atoms with van der Waals surface area (Å²) in [5, 5.41) is 15.1. The van der Waals surface area contributed by atoms with Gasteiger partial charge in [0, 0.05) is 11.6 Å². The summed E-state index contributed by atoms with van der Waals surface area (Å²) in [6.07, 6.45) is 0.819. The first kappa shape index (κ1) is 14.7. The number of aromatic nitrogens is 2. The molecular formula is C14H17ClN2O3. The lowest BCUT2D eigenvalue weighted by Gasteiger charge is -2.16. The molecule has 6 heteroatoms. The molecule has 20 heavy (non-hydrogen) atoms. The van der Waals surface area contributed by atoms with Gasteiger partial charge in [-0.3, -0.25) is 4.68 Å². The number of aliphatic hydroxyl groups is 1. The van der Waals surface area contributed by atoms with Gasteiger partial charge in [-0.05, 0) is 19.1 Å². The van der Waals surface area contributed by atoms with E-state index < -0.39 is 6.10 Å². The molecule has 1 aromatic heterocycles. The van der Waals surface area contributed by atoms with Crippen molar-refractivity contribution in [1.29, 1.82) is 0 Å². The lowest BCUT2D eigenvalue weighted by molar-refractivity contribution is 0.147. The maximum Gasteiger partial charge on any atom is 0.128 e. The van der Waals surface area contributed by atoms with E-state index in [-0.39, 0.29) is 0 Å². The third-order valence-corrected chi connectivity index (χ3v) is 3.56. The first-order valence-electron chi connectivity index (χ1n) is 6.14. The molecule has 0 aliphatic rings. The highest BCUT2D eigenvalue weighted by Gasteiger charge is 2.16. The van der Waals surface area contributed by atoms with Crippen LogP contribution < -0.4 is 9.47 Å². The van der Waals surface area contributed by atoms with Crippen molar-refractivity contribution in [1.82, 2.24) is 9.78 Å². The molecule has 0 bridgehead atoms. The molecule has 0 radical (unpaired) electrons. The monoisotopic (exact) mass is 296 g/mol. The van der Waals surface area contributed by atoms with E-state index in [1.807, 2.05) is 6.92 Å². The van der Waals surface area contributed by atoms with Gasteiger partial charge in [0.1, 0.15) is 17.6 Å². The smallest absolute Gasteiger partial charge is 0.128 e. The third-order valence-electron chi connectivity index (χ3n) is 3.19. The molecule has 1 N–H and O–H groups in total. The molecule has 1 atom stereocenters. The van der Waals surface area contributed by atoms with E-state index in [1.54, 1.807) is 43.3 Å². The van der Waals surface area contributed by atoms with Gasteiger partial charge >= 0.3 is 0 Å². The molecule has 0 aliphatic carbocycles. The Bertz CT molecular complexity index is 598. The Morgan fingerprint density at radius 1 is 1.35 bits per heavy atom. The first-order chi connectivity index (χ1) is 9.56. The fourth-order valence-corrected chi connectivity index (χ4v) is 2.10. The van der Waals surface area contributed by atoms with Crippen molar-refractivity contribution in [3.63, 3.8) is 0 Å². The molecule has 0 spiro atoms. The summed E-state index contributed by atoms with van der Waals surface area (Å²) in [5.41, 5.74) is 1.50. The van der Waals surface area contributed by atoms with Crippen LogP contribution >= 0.6 is 11.6 Å². The van der Waals surface area contributed by atoms with Crippen LogP contribution in [0.25, 0.3) is 0 Å². The molecular weight excluding hydrogens is 280 g/mol. The van der Waals surface area contributed by atoms with E-state index in [9.17, 15) is 5.11 Å². The van der Waals surface area contributed by atoms with Crippen molar-refractivity contribution in [3.05, 3.63) is 40.7 Å². The van der Waals surface area contributed by atoms with Crippen LogP contribution in [0.3, 0.4) is 0 Å². The van der Waals surface area contributed by atoms with Gasteiger partial charge in [-0.15, -0.1) is 0 Å². The largest absolute Gasteiger partial charge is 0.497 e. The zero-order chi connectivity index (χ0) is 14.7. The van der Waals surface area contributed by atoms with Crippen molar-refractivity contribution < 1.29 is 14.6 Å². The molecule has 1 unspecified atom stereocenters. The topological polar surface area (TPSA) is 56.5 Å². The Morgan fingerprint density at radius 3 is 2.65 bits per heavy atom. The summed E-state index contributed by atoms with van der Waals surface area (Å²) in [7, 11) is 3.14. The number of aliphatic hydroxyl groups excluding tert-OH is 1. The molecule has 0 aliphatic heterocycles. The molecule has 0 saturated heterocycles. The zero-order valence-electron chi connectivity index (χ0n) is 11.6. The highest BCUT2D eigenvalue weighted by molar-refractivity contribution is 6.31. The number of nitrogens with zero attached hydrogens (tertiary/aromatic N) is 2. The Kier molecular flexibility index (Phi) is 4.52. The Hall–Kier alpha value is -1.72. The summed E-state index contributed by atoms with van der Waals surface area (Å²) in [5.74, 6) is 1.25.